The maximum atomic E-state index is 5.54. The van der Waals surface area contributed by atoms with Gasteiger partial charge in [0, 0.05) is 19.3 Å². The quantitative estimate of drug-likeness (QED) is 0.861. The Balaban J connectivity index is 1.65. The molecule has 0 aromatic heterocycles. The molecule has 17 heavy (non-hydrogen) atoms. The zero-order valence-corrected chi connectivity index (χ0v) is 10.3. The molecule has 2 fully saturated rings. The molecule has 2 saturated heterocycles. The van der Waals surface area contributed by atoms with Crippen molar-refractivity contribution in [2.24, 2.45) is 11.8 Å². The third-order valence-electron chi connectivity index (χ3n) is 4.27. The van der Waals surface area contributed by atoms with Crippen molar-refractivity contribution in [3.63, 3.8) is 0 Å². The van der Waals surface area contributed by atoms with Crippen LogP contribution < -0.4 is 5.32 Å². The molecule has 0 saturated carbocycles. The molecule has 3 rings (SSSR count). The van der Waals surface area contributed by atoms with Gasteiger partial charge in [0.05, 0.1) is 0 Å². The van der Waals surface area contributed by atoms with Gasteiger partial charge in [0.1, 0.15) is 0 Å². The van der Waals surface area contributed by atoms with Crippen molar-refractivity contribution in [2.45, 2.75) is 25.3 Å². The van der Waals surface area contributed by atoms with E-state index >= 15 is 0 Å². The molecular formula is C15H21NO. The van der Waals surface area contributed by atoms with Gasteiger partial charge in [0.25, 0.3) is 0 Å². The summed E-state index contributed by atoms with van der Waals surface area (Å²) in [5.74, 6) is 1.61. The topological polar surface area (TPSA) is 21.3 Å². The molecule has 1 aromatic rings. The summed E-state index contributed by atoms with van der Waals surface area (Å²) in [6.07, 6.45) is 3.76. The van der Waals surface area contributed by atoms with E-state index in [1.54, 1.807) is 0 Å². The van der Waals surface area contributed by atoms with Crippen molar-refractivity contribution in [3.05, 3.63) is 35.9 Å². The van der Waals surface area contributed by atoms with Gasteiger partial charge in [0.15, 0.2) is 0 Å². The van der Waals surface area contributed by atoms with Crippen LogP contribution in [-0.4, -0.2) is 25.8 Å². The molecule has 1 aromatic carbocycles. The molecule has 0 aliphatic carbocycles. The van der Waals surface area contributed by atoms with E-state index in [9.17, 15) is 0 Å². The van der Waals surface area contributed by atoms with Gasteiger partial charge >= 0.3 is 0 Å². The Morgan fingerprint density at radius 3 is 2.82 bits per heavy atom. The summed E-state index contributed by atoms with van der Waals surface area (Å²) in [5, 5.41) is 3.68. The first-order chi connectivity index (χ1) is 8.43. The zero-order valence-electron chi connectivity index (χ0n) is 10.3. The first-order valence-corrected chi connectivity index (χ1v) is 6.78. The molecule has 2 aliphatic heterocycles. The lowest BCUT2D eigenvalue weighted by Gasteiger charge is -2.24. The van der Waals surface area contributed by atoms with E-state index < -0.39 is 0 Å². The largest absolute Gasteiger partial charge is 0.381 e. The molecule has 1 N–H and O–H groups in total. The smallest absolute Gasteiger partial charge is 0.0498 e. The molecule has 0 spiro atoms. The third-order valence-corrected chi connectivity index (χ3v) is 4.27. The highest BCUT2D eigenvalue weighted by Gasteiger charge is 2.35. The average molecular weight is 231 g/mol. The van der Waals surface area contributed by atoms with Crippen molar-refractivity contribution in [1.82, 2.24) is 5.32 Å². The van der Waals surface area contributed by atoms with E-state index in [1.807, 2.05) is 0 Å². The van der Waals surface area contributed by atoms with Gasteiger partial charge in [-0.25, -0.2) is 0 Å². The minimum absolute atomic E-state index is 0.657. The second-order valence-electron chi connectivity index (χ2n) is 5.33. The van der Waals surface area contributed by atoms with Gasteiger partial charge in [0.2, 0.25) is 0 Å². The minimum atomic E-state index is 0.657. The SMILES string of the molecule is c1ccc(CC2NCCC2C2CCOC2)cc1. The molecule has 3 unspecified atom stereocenters. The summed E-state index contributed by atoms with van der Waals surface area (Å²) in [5.41, 5.74) is 1.45. The first-order valence-electron chi connectivity index (χ1n) is 6.78. The molecule has 0 bridgehead atoms. The van der Waals surface area contributed by atoms with Gasteiger partial charge in [-0.2, -0.15) is 0 Å². The Morgan fingerprint density at radius 1 is 1.18 bits per heavy atom. The summed E-state index contributed by atoms with van der Waals surface area (Å²) in [6.45, 7) is 3.13. The third kappa shape index (κ3) is 2.53. The predicted molar refractivity (Wildman–Crippen MR) is 69.0 cm³/mol. The number of hydrogen-bond acceptors (Lipinski definition) is 2. The van der Waals surface area contributed by atoms with Crippen LogP contribution in [0.15, 0.2) is 30.3 Å². The molecule has 3 atom stereocenters. The van der Waals surface area contributed by atoms with Crippen LogP contribution in [0.25, 0.3) is 0 Å². The van der Waals surface area contributed by atoms with E-state index in [0.29, 0.717) is 6.04 Å². The second kappa shape index (κ2) is 5.19. The van der Waals surface area contributed by atoms with Gasteiger partial charge in [-0.1, -0.05) is 30.3 Å². The summed E-state index contributed by atoms with van der Waals surface area (Å²) in [7, 11) is 0. The maximum Gasteiger partial charge on any atom is 0.0498 e. The first kappa shape index (κ1) is 11.2. The van der Waals surface area contributed by atoms with Crippen LogP contribution in [-0.2, 0) is 11.2 Å². The van der Waals surface area contributed by atoms with Crippen molar-refractivity contribution in [2.75, 3.05) is 19.8 Å². The van der Waals surface area contributed by atoms with E-state index in [4.69, 9.17) is 4.74 Å². The van der Waals surface area contributed by atoms with Crippen LogP contribution in [0.5, 0.6) is 0 Å². The van der Waals surface area contributed by atoms with Gasteiger partial charge < -0.3 is 10.1 Å². The van der Waals surface area contributed by atoms with Crippen LogP contribution in [0.4, 0.5) is 0 Å². The normalized spacial score (nSPS) is 33.1. The summed E-state index contributed by atoms with van der Waals surface area (Å²) < 4.78 is 5.54. The average Bonchev–Trinajstić information content (AvgIpc) is 3.00. The van der Waals surface area contributed by atoms with Gasteiger partial charge in [-0.15, -0.1) is 0 Å². The molecular weight excluding hydrogens is 210 g/mol. The highest BCUT2D eigenvalue weighted by Crippen LogP contribution is 2.31. The van der Waals surface area contributed by atoms with E-state index in [2.05, 4.69) is 35.6 Å². The predicted octanol–water partition coefficient (Wildman–Crippen LogP) is 2.24. The van der Waals surface area contributed by atoms with Crippen LogP contribution in [0.3, 0.4) is 0 Å². The Bertz CT molecular complexity index is 345. The number of nitrogens with one attached hydrogen (secondary N) is 1. The fourth-order valence-electron chi connectivity index (χ4n) is 3.33. The molecule has 0 radical (unpaired) electrons. The highest BCUT2D eigenvalue weighted by atomic mass is 16.5. The second-order valence-corrected chi connectivity index (χ2v) is 5.33. The fourth-order valence-corrected chi connectivity index (χ4v) is 3.33. The molecule has 2 heteroatoms. The van der Waals surface area contributed by atoms with Crippen molar-refractivity contribution < 1.29 is 4.74 Å². The summed E-state index contributed by atoms with van der Waals surface area (Å²) in [6, 6.07) is 11.5. The number of hydrogen-bond donors (Lipinski definition) is 1. The lowest BCUT2D eigenvalue weighted by atomic mass is 9.83. The molecule has 2 nitrogen and oxygen atoms in total. The molecule has 2 aliphatic rings. The summed E-state index contributed by atoms with van der Waals surface area (Å²) >= 11 is 0. The Morgan fingerprint density at radius 2 is 2.06 bits per heavy atom. The minimum Gasteiger partial charge on any atom is -0.381 e. The maximum absolute atomic E-state index is 5.54. The van der Waals surface area contributed by atoms with Gasteiger partial charge in [-0.3, -0.25) is 0 Å². The lowest BCUT2D eigenvalue weighted by molar-refractivity contribution is 0.168. The van der Waals surface area contributed by atoms with Crippen molar-refractivity contribution >= 4 is 0 Å². The number of rotatable bonds is 3. The number of ether oxygens (including phenoxy) is 1. The van der Waals surface area contributed by atoms with Crippen molar-refractivity contribution in [3.8, 4) is 0 Å². The monoisotopic (exact) mass is 231 g/mol. The standard InChI is InChI=1S/C15H21NO/c1-2-4-12(5-3-1)10-15-14(6-8-16-15)13-7-9-17-11-13/h1-5,13-16H,6-11H2. The highest BCUT2D eigenvalue weighted by molar-refractivity contribution is 5.16. The number of benzene rings is 1. The van der Waals surface area contributed by atoms with E-state index in [-0.39, 0.29) is 0 Å². The summed E-state index contributed by atoms with van der Waals surface area (Å²) in [4.78, 5) is 0. The van der Waals surface area contributed by atoms with Crippen molar-refractivity contribution in [1.29, 1.82) is 0 Å². The molecule has 2 heterocycles. The van der Waals surface area contributed by atoms with Gasteiger partial charge in [-0.05, 0) is 43.2 Å². The van der Waals surface area contributed by atoms with E-state index in [0.717, 1.165) is 25.0 Å². The van der Waals surface area contributed by atoms with Crippen LogP contribution in [0.1, 0.15) is 18.4 Å². The zero-order chi connectivity index (χ0) is 11.5. The Labute approximate surface area is 103 Å². The van der Waals surface area contributed by atoms with Crippen LogP contribution in [0, 0.1) is 11.8 Å². The Kier molecular flexibility index (Phi) is 3.44. The van der Waals surface area contributed by atoms with Crippen LogP contribution in [0.2, 0.25) is 0 Å². The molecule has 92 valence electrons. The van der Waals surface area contributed by atoms with Crippen LogP contribution >= 0.6 is 0 Å². The van der Waals surface area contributed by atoms with E-state index in [1.165, 1.54) is 31.4 Å². The Hall–Kier alpha value is -0.860. The fraction of sp³-hybridized carbons (Fsp3) is 0.600. The lowest BCUT2D eigenvalue weighted by Crippen LogP contribution is -2.33. The molecule has 0 amide bonds.